The van der Waals surface area contributed by atoms with Crippen LogP contribution in [0.3, 0.4) is 0 Å². The van der Waals surface area contributed by atoms with Crippen LogP contribution >= 0.6 is 0 Å². The Morgan fingerprint density at radius 2 is 2.00 bits per heavy atom. The van der Waals surface area contributed by atoms with Gasteiger partial charge in [-0.1, -0.05) is 27.2 Å². The fourth-order valence-corrected chi connectivity index (χ4v) is 2.43. The summed E-state index contributed by atoms with van der Waals surface area (Å²) in [6, 6.07) is 4.91. The fraction of sp³-hybridized carbons (Fsp3) is 0.625. The summed E-state index contributed by atoms with van der Waals surface area (Å²) in [7, 11) is 0. The Labute approximate surface area is 116 Å². The van der Waals surface area contributed by atoms with Crippen LogP contribution in [0.5, 0.6) is 0 Å². The van der Waals surface area contributed by atoms with Crippen molar-refractivity contribution in [2.75, 3.05) is 11.9 Å². The van der Waals surface area contributed by atoms with Gasteiger partial charge in [0.2, 0.25) is 0 Å². The Balaban J connectivity index is 2.93. The quantitative estimate of drug-likeness (QED) is 0.778. The van der Waals surface area contributed by atoms with Crippen molar-refractivity contribution >= 4 is 5.69 Å². The van der Waals surface area contributed by atoms with Crippen LogP contribution < -0.4 is 5.32 Å². The lowest BCUT2D eigenvalue weighted by Crippen LogP contribution is -2.43. The lowest BCUT2D eigenvalue weighted by Gasteiger charge is -2.35. The zero-order valence-corrected chi connectivity index (χ0v) is 12.5. The van der Waals surface area contributed by atoms with E-state index in [0.717, 1.165) is 30.5 Å². The van der Waals surface area contributed by atoms with Gasteiger partial charge in [-0.3, -0.25) is 0 Å². The van der Waals surface area contributed by atoms with Crippen LogP contribution in [-0.2, 0) is 0 Å². The highest BCUT2D eigenvalue weighted by Gasteiger charge is 2.29. The van der Waals surface area contributed by atoms with Crippen LogP contribution in [0.25, 0.3) is 0 Å². The fourth-order valence-electron chi connectivity index (χ4n) is 2.43. The topological polar surface area (TPSA) is 32.3 Å². The molecule has 0 radical (unpaired) electrons. The Kier molecular flexibility index (Phi) is 5.80. The number of hydrogen-bond acceptors (Lipinski definition) is 2. The highest BCUT2D eigenvalue weighted by atomic mass is 19.1. The van der Waals surface area contributed by atoms with Crippen LogP contribution in [-0.4, -0.2) is 17.3 Å². The van der Waals surface area contributed by atoms with Crippen molar-refractivity contribution in [2.24, 2.45) is 5.92 Å². The maximum absolute atomic E-state index is 13.4. The summed E-state index contributed by atoms with van der Waals surface area (Å²) in [5.74, 6) is 0.281. The van der Waals surface area contributed by atoms with Crippen molar-refractivity contribution in [1.29, 1.82) is 0 Å². The molecule has 0 amide bonds. The van der Waals surface area contributed by atoms with E-state index >= 15 is 0 Å². The summed E-state index contributed by atoms with van der Waals surface area (Å²) in [6.07, 6.45) is 2.76. The Hall–Kier alpha value is -1.09. The van der Waals surface area contributed by atoms with E-state index in [-0.39, 0.29) is 18.0 Å². The molecular formula is C16H26FNO. The monoisotopic (exact) mass is 267 g/mol. The Bertz CT molecular complexity index is 381. The van der Waals surface area contributed by atoms with Gasteiger partial charge in [0.1, 0.15) is 5.82 Å². The van der Waals surface area contributed by atoms with E-state index in [1.165, 1.54) is 12.1 Å². The van der Waals surface area contributed by atoms with E-state index < -0.39 is 0 Å². The molecule has 0 bridgehead atoms. The van der Waals surface area contributed by atoms with Crippen LogP contribution in [0.2, 0.25) is 0 Å². The molecule has 108 valence electrons. The van der Waals surface area contributed by atoms with Gasteiger partial charge in [0.05, 0.1) is 12.1 Å². The molecular weight excluding hydrogens is 241 g/mol. The van der Waals surface area contributed by atoms with Gasteiger partial charge in [-0.15, -0.1) is 0 Å². The third-order valence-corrected chi connectivity index (χ3v) is 3.87. The van der Waals surface area contributed by atoms with Crippen molar-refractivity contribution in [1.82, 2.24) is 0 Å². The van der Waals surface area contributed by atoms with Gasteiger partial charge in [0.25, 0.3) is 0 Å². The number of rotatable bonds is 7. The Morgan fingerprint density at radius 3 is 2.47 bits per heavy atom. The number of halogens is 1. The second kappa shape index (κ2) is 6.90. The van der Waals surface area contributed by atoms with E-state index in [1.54, 1.807) is 0 Å². The molecule has 0 fully saturated rings. The molecule has 0 aliphatic rings. The molecule has 1 aromatic rings. The molecule has 19 heavy (non-hydrogen) atoms. The van der Waals surface area contributed by atoms with Crippen molar-refractivity contribution in [2.45, 2.75) is 52.5 Å². The van der Waals surface area contributed by atoms with E-state index in [4.69, 9.17) is 0 Å². The third kappa shape index (κ3) is 4.50. The normalized spacial score (nSPS) is 15.9. The predicted molar refractivity (Wildman–Crippen MR) is 78.9 cm³/mol. The molecule has 2 nitrogen and oxygen atoms in total. The Morgan fingerprint density at radius 1 is 1.32 bits per heavy atom. The van der Waals surface area contributed by atoms with E-state index in [0.29, 0.717) is 5.92 Å². The number of aryl methyl sites for hydroxylation is 1. The van der Waals surface area contributed by atoms with E-state index in [2.05, 4.69) is 26.1 Å². The minimum atomic E-state index is -0.365. The minimum absolute atomic E-state index is 0.0589. The largest absolute Gasteiger partial charge is 0.394 e. The van der Waals surface area contributed by atoms with Crippen LogP contribution in [0.4, 0.5) is 10.1 Å². The molecule has 3 heteroatoms. The van der Waals surface area contributed by atoms with Crippen molar-refractivity contribution < 1.29 is 9.50 Å². The molecule has 1 aromatic carbocycles. The molecule has 0 aromatic heterocycles. The zero-order chi connectivity index (χ0) is 14.5. The maximum atomic E-state index is 13.4. The smallest absolute Gasteiger partial charge is 0.125 e. The minimum Gasteiger partial charge on any atom is -0.394 e. The average molecular weight is 267 g/mol. The molecule has 2 atom stereocenters. The van der Waals surface area contributed by atoms with Gasteiger partial charge in [0, 0.05) is 5.69 Å². The molecule has 2 unspecified atom stereocenters. The number of benzene rings is 1. The van der Waals surface area contributed by atoms with Crippen molar-refractivity contribution in [3.05, 3.63) is 29.6 Å². The van der Waals surface area contributed by atoms with Crippen LogP contribution in [0, 0.1) is 18.7 Å². The lowest BCUT2D eigenvalue weighted by atomic mass is 9.85. The summed E-state index contributed by atoms with van der Waals surface area (Å²) < 4.78 is 13.4. The molecule has 0 spiro atoms. The van der Waals surface area contributed by atoms with E-state index in [9.17, 15) is 9.50 Å². The first kappa shape index (κ1) is 16.0. The first-order chi connectivity index (χ1) is 8.94. The number of hydrogen-bond donors (Lipinski definition) is 2. The molecule has 2 N–H and O–H groups in total. The highest BCUT2D eigenvalue weighted by molar-refractivity contribution is 5.48. The van der Waals surface area contributed by atoms with Gasteiger partial charge < -0.3 is 10.4 Å². The third-order valence-electron chi connectivity index (χ3n) is 3.87. The van der Waals surface area contributed by atoms with Gasteiger partial charge >= 0.3 is 0 Å². The number of aliphatic hydroxyl groups is 1. The molecule has 0 heterocycles. The van der Waals surface area contributed by atoms with Gasteiger partial charge in [-0.2, -0.15) is 0 Å². The second-order valence-corrected chi connectivity index (χ2v) is 5.65. The van der Waals surface area contributed by atoms with Crippen LogP contribution in [0.15, 0.2) is 18.2 Å². The summed E-state index contributed by atoms with van der Waals surface area (Å²) in [5, 5.41) is 13.1. The van der Waals surface area contributed by atoms with Crippen molar-refractivity contribution in [3.63, 3.8) is 0 Å². The molecule has 1 rings (SSSR count). The highest BCUT2D eigenvalue weighted by Crippen LogP contribution is 2.28. The number of nitrogens with one attached hydrogen (secondary N) is 1. The standard InChI is InChI=1S/C16H26FNO/c1-5-12(3)10-16(6-2,11-19)18-15-8-13(4)7-14(17)9-15/h7-9,12,18-19H,5-6,10-11H2,1-4H3. The maximum Gasteiger partial charge on any atom is 0.125 e. The molecule has 0 aliphatic carbocycles. The van der Waals surface area contributed by atoms with Gasteiger partial charge in [-0.05, 0) is 49.4 Å². The predicted octanol–water partition coefficient (Wildman–Crippen LogP) is 4.12. The molecule has 0 aliphatic heterocycles. The SMILES string of the molecule is CCC(C)CC(CC)(CO)Nc1cc(C)cc(F)c1. The molecule has 0 saturated carbocycles. The van der Waals surface area contributed by atoms with Crippen LogP contribution in [0.1, 0.15) is 45.6 Å². The van der Waals surface area contributed by atoms with Crippen molar-refractivity contribution in [3.8, 4) is 0 Å². The number of anilines is 1. The number of aliphatic hydroxyl groups excluding tert-OH is 1. The van der Waals surface area contributed by atoms with Gasteiger partial charge in [0.15, 0.2) is 0 Å². The second-order valence-electron chi connectivity index (χ2n) is 5.65. The first-order valence-electron chi connectivity index (χ1n) is 7.11. The lowest BCUT2D eigenvalue weighted by molar-refractivity contribution is 0.181. The zero-order valence-electron chi connectivity index (χ0n) is 12.5. The first-order valence-corrected chi connectivity index (χ1v) is 7.11. The summed E-state index contributed by atoms with van der Waals surface area (Å²) in [5.41, 5.74) is 1.26. The summed E-state index contributed by atoms with van der Waals surface area (Å²) in [6.45, 7) is 8.31. The average Bonchev–Trinajstić information content (AvgIpc) is 2.36. The summed E-state index contributed by atoms with van der Waals surface area (Å²) in [4.78, 5) is 0. The summed E-state index contributed by atoms with van der Waals surface area (Å²) >= 11 is 0. The van der Waals surface area contributed by atoms with Gasteiger partial charge in [-0.25, -0.2) is 4.39 Å². The molecule has 0 saturated heterocycles. The van der Waals surface area contributed by atoms with E-state index in [1.807, 2.05) is 13.0 Å².